The average molecular weight is 632 g/mol. The number of benzene rings is 2. The van der Waals surface area contributed by atoms with Crippen molar-refractivity contribution in [3.63, 3.8) is 0 Å². The van der Waals surface area contributed by atoms with Crippen LogP contribution in [0.5, 0.6) is 0 Å². The predicted molar refractivity (Wildman–Crippen MR) is 169 cm³/mol. The van der Waals surface area contributed by atoms with E-state index >= 15 is 0 Å². The Kier molecular flexibility index (Phi) is 16.5. The van der Waals surface area contributed by atoms with E-state index in [4.69, 9.17) is 4.74 Å². The molecular formula is C32H45N3O8S. The van der Waals surface area contributed by atoms with Crippen molar-refractivity contribution in [1.29, 1.82) is 0 Å². The number of carboxylic acid groups (broad SMARTS) is 1. The number of sulfone groups is 1. The number of hydrogen-bond donors (Lipinski definition) is 4. The SMILES string of the molecule is C=CS(C)(=O)=O.CC(C)CC(NC(=O)OCc1ccccc1)C(=O)NC(CC(C)C)C(=O)NC(Cc1ccccc1)C(=O)O. The summed E-state index contributed by atoms with van der Waals surface area (Å²) in [5.74, 6) is -2.19. The highest BCUT2D eigenvalue weighted by Gasteiger charge is 2.30. The number of aliphatic carboxylic acids is 1. The Hall–Kier alpha value is -4.19. The monoisotopic (exact) mass is 631 g/mol. The minimum Gasteiger partial charge on any atom is -0.480 e. The summed E-state index contributed by atoms with van der Waals surface area (Å²) in [5.41, 5.74) is 1.57. The minimum atomic E-state index is -2.90. The molecule has 0 heterocycles. The van der Waals surface area contributed by atoms with Crippen LogP contribution in [0.1, 0.15) is 51.7 Å². The van der Waals surface area contributed by atoms with Crippen molar-refractivity contribution in [3.05, 3.63) is 83.8 Å². The third-order valence-corrected chi connectivity index (χ3v) is 6.67. The summed E-state index contributed by atoms with van der Waals surface area (Å²) in [5, 5.41) is 18.5. The lowest BCUT2D eigenvalue weighted by Gasteiger charge is -2.26. The summed E-state index contributed by atoms with van der Waals surface area (Å²) in [4.78, 5) is 50.7. The molecule has 2 rings (SSSR count). The fourth-order valence-corrected chi connectivity index (χ4v) is 3.91. The number of alkyl carbamates (subject to hydrolysis) is 1. The van der Waals surface area contributed by atoms with Crippen molar-refractivity contribution in [2.45, 2.75) is 71.7 Å². The largest absolute Gasteiger partial charge is 0.480 e. The van der Waals surface area contributed by atoms with Gasteiger partial charge < -0.3 is 25.8 Å². The molecule has 0 spiro atoms. The summed E-state index contributed by atoms with van der Waals surface area (Å²) in [6.45, 7) is 10.7. The second-order valence-corrected chi connectivity index (χ2v) is 13.2. The summed E-state index contributed by atoms with van der Waals surface area (Å²) in [6.07, 6.45) is 1.08. The average Bonchev–Trinajstić information content (AvgIpc) is 2.95. The van der Waals surface area contributed by atoms with E-state index < -0.39 is 51.8 Å². The lowest BCUT2D eigenvalue weighted by Crippen LogP contribution is -2.56. The second kappa shape index (κ2) is 19.2. The first-order valence-electron chi connectivity index (χ1n) is 14.3. The number of rotatable bonds is 15. The topological polar surface area (TPSA) is 168 Å². The van der Waals surface area contributed by atoms with Crippen LogP contribution in [0.4, 0.5) is 4.79 Å². The summed E-state index contributed by atoms with van der Waals surface area (Å²) in [6, 6.07) is 15.1. The van der Waals surface area contributed by atoms with Gasteiger partial charge in [-0.15, -0.1) is 0 Å². The van der Waals surface area contributed by atoms with Gasteiger partial charge in [-0.05, 0) is 35.8 Å². The maximum Gasteiger partial charge on any atom is 0.408 e. The second-order valence-electron chi connectivity index (χ2n) is 11.2. The van der Waals surface area contributed by atoms with E-state index in [2.05, 4.69) is 22.5 Å². The molecule has 12 heteroatoms. The molecule has 0 saturated carbocycles. The molecule has 0 fully saturated rings. The van der Waals surface area contributed by atoms with Gasteiger partial charge in [0.2, 0.25) is 11.8 Å². The molecule has 0 aliphatic rings. The lowest BCUT2D eigenvalue weighted by molar-refractivity contribution is -0.142. The van der Waals surface area contributed by atoms with Crippen molar-refractivity contribution >= 4 is 33.7 Å². The first-order valence-corrected chi connectivity index (χ1v) is 16.2. The van der Waals surface area contributed by atoms with Gasteiger partial charge in [-0.3, -0.25) is 9.59 Å². The van der Waals surface area contributed by atoms with Crippen LogP contribution in [-0.2, 0) is 42.0 Å². The van der Waals surface area contributed by atoms with E-state index in [0.717, 1.165) is 22.8 Å². The number of carbonyl (C=O) groups excluding carboxylic acids is 3. The van der Waals surface area contributed by atoms with E-state index in [-0.39, 0.29) is 24.9 Å². The number of nitrogens with one attached hydrogen (secondary N) is 3. The van der Waals surface area contributed by atoms with Crippen molar-refractivity contribution in [1.82, 2.24) is 16.0 Å². The Bertz CT molecular complexity index is 1300. The highest BCUT2D eigenvalue weighted by atomic mass is 32.2. The zero-order chi connectivity index (χ0) is 33.3. The Morgan fingerprint density at radius 1 is 0.773 bits per heavy atom. The molecule has 242 valence electrons. The lowest BCUT2D eigenvalue weighted by atomic mass is 9.99. The van der Waals surface area contributed by atoms with Crippen LogP contribution in [0, 0.1) is 11.8 Å². The third kappa shape index (κ3) is 16.4. The number of carboxylic acids is 1. The first kappa shape index (κ1) is 37.8. The van der Waals surface area contributed by atoms with Crippen molar-refractivity contribution in [2.24, 2.45) is 11.8 Å². The molecule has 0 bridgehead atoms. The standard InChI is InChI=1S/C29H39N3O6.C3H6O2S/c1-19(2)15-23(26(33)31-25(28(35)36)17-21-11-7-5-8-12-21)30-27(34)24(16-20(3)4)32-29(37)38-18-22-13-9-6-10-14-22;1-3-6(2,4)5/h5-14,19-20,23-25H,15-18H2,1-4H3,(H,30,34)(H,31,33)(H,32,37)(H,35,36);3H,1H2,2H3. The van der Waals surface area contributed by atoms with E-state index in [1.54, 1.807) is 24.3 Å². The molecule has 3 amide bonds. The summed E-state index contributed by atoms with van der Waals surface area (Å²) in [7, 11) is -2.90. The molecule has 4 N–H and O–H groups in total. The Labute approximate surface area is 260 Å². The maximum absolute atomic E-state index is 13.2. The van der Waals surface area contributed by atoms with Gasteiger partial charge in [0.05, 0.1) is 0 Å². The number of hydrogen-bond acceptors (Lipinski definition) is 7. The maximum atomic E-state index is 13.2. The van der Waals surface area contributed by atoms with Gasteiger partial charge in [-0.2, -0.15) is 0 Å². The smallest absolute Gasteiger partial charge is 0.408 e. The summed E-state index contributed by atoms with van der Waals surface area (Å²) < 4.78 is 25.0. The van der Waals surface area contributed by atoms with Crippen LogP contribution < -0.4 is 16.0 Å². The fourth-order valence-electron chi connectivity index (χ4n) is 3.91. The number of carbonyl (C=O) groups is 4. The zero-order valence-corrected chi connectivity index (χ0v) is 26.8. The van der Waals surface area contributed by atoms with E-state index in [1.807, 2.05) is 64.1 Å². The van der Waals surface area contributed by atoms with E-state index in [0.29, 0.717) is 12.8 Å². The molecule has 2 aromatic carbocycles. The van der Waals surface area contributed by atoms with Gasteiger partial charge in [-0.25, -0.2) is 18.0 Å². The van der Waals surface area contributed by atoms with Gasteiger partial charge in [0.1, 0.15) is 24.7 Å². The van der Waals surface area contributed by atoms with Crippen molar-refractivity contribution in [2.75, 3.05) is 6.26 Å². The van der Waals surface area contributed by atoms with Crippen LogP contribution >= 0.6 is 0 Å². The molecule has 0 aliphatic carbocycles. The minimum absolute atomic E-state index is 0.0378. The van der Waals surface area contributed by atoms with E-state index in [1.165, 1.54) is 0 Å². The van der Waals surface area contributed by atoms with Gasteiger partial charge >= 0.3 is 12.1 Å². The Morgan fingerprint density at radius 2 is 1.18 bits per heavy atom. The van der Waals surface area contributed by atoms with Crippen molar-refractivity contribution in [3.8, 4) is 0 Å². The van der Waals surface area contributed by atoms with Crippen LogP contribution in [0.15, 0.2) is 72.7 Å². The molecule has 11 nitrogen and oxygen atoms in total. The molecule has 3 atom stereocenters. The fraction of sp³-hybridized carbons (Fsp3) is 0.438. The van der Waals surface area contributed by atoms with E-state index in [9.17, 15) is 32.7 Å². The van der Waals surface area contributed by atoms with Crippen molar-refractivity contribution < 1.29 is 37.4 Å². The molecule has 0 saturated heterocycles. The zero-order valence-electron chi connectivity index (χ0n) is 26.0. The van der Waals surface area contributed by atoms with Gasteiger partial charge in [0.15, 0.2) is 9.84 Å². The Morgan fingerprint density at radius 3 is 1.59 bits per heavy atom. The molecule has 0 radical (unpaired) electrons. The first-order chi connectivity index (χ1) is 20.6. The highest BCUT2D eigenvalue weighted by Crippen LogP contribution is 2.11. The molecule has 3 unspecified atom stereocenters. The third-order valence-electron chi connectivity index (χ3n) is 6.07. The molecular weight excluding hydrogens is 586 g/mol. The molecule has 0 aromatic heterocycles. The molecule has 44 heavy (non-hydrogen) atoms. The summed E-state index contributed by atoms with van der Waals surface area (Å²) >= 11 is 0. The number of amides is 3. The normalized spacial score (nSPS) is 13.0. The van der Waals surface area contributed by atoms with Gasteiger partial charge in [-0.1, -0.05) is 94.9 Å². The van der Waals surface area contributed by atoms with Gasteiger partial charge in [0, 0.05) is 18.1 Å². The predicted octanol–water partition coefficient (Wildman–Crippen LogP) is 3.85. The molecule has 0 aliphatic heterocycles. The van der Waals surface area contributed by atoms with Gasteiger partial charge in [0.25, 0.3) is 0 Å². The molecule has 2 aromatic rings. The van der Waals surface area contributed by atoms with Crippen LogP contribution in [0.2, 0.25) is 0 Å². The number of ether oxygens (including phenoxy) is 1. The quantitative estimate of drug-likeness (QED) is 0.230. The van der Waals surface area contributed by atoms with Crippen LogP contribution in [-0.4, -0.2) is 61.8 Å². The van der Waals surface area contributed by atoms with Crippen LogP contribution in [0.25, 0.3) is 0 Å². The highest BCUT2D eigenvalue weighted by molar-refractivity contribution is 7.93. The van der Waals surface area contributed by atoms with Crippen LogP contribution in [0.3, 0.4) is 0 Å². The Balaban J connectivity index is 0.00000146.